The molecule has 0 spiro atoms. The van der Waals surface area contributed by atoms with E-state index in [1.165, 1.54) is 12.1 Å². The van der Waals surface area contributed by atoms with Crippen LogP contribution in [0.1, 0.15) is 10.4 Å². The Labute approximate surface area is 74.3 Å². The zero-order chi connectivity index (χ0) is 9.14. The van der Waals surface area contributed by atoms with Crippen LogP contribution in [0.5, 0.6) is 0 Å². The highest BCUT2D eigenvalue weighted by atomic mass is 32.1. The van der Waals surface area contributed by atoms with Crippen LogP contribution < -0.4 is 5.73 Å². The average Bonchev–Trinajstić information content (AvgIpc) is 2.04. The number of rotatable bonds is 2. The summed E-state index contributed by atoms with van der Waals surface area (Å²) in [6, 6.07) is 6.12. The van der Waals surface area contributed by atoms with Gasteiger partial charge in [-0.05, 0) is 6.07 Å². The molecule has 62 valence electrons. The molecule has 5 heteroatoms. The summed E-state index contributed by atoms with van der Waals surface area (Å²) in [6.45, 7) is 0. The third kappa shape index (κ3) is 1.57. The van der Waals surface area contributed by atoms with Gasteiger partial charge in [0.05, 0.1) is 0 Å². The summed E-state index contributed by atoms with van der Waals surface area (Å²) >= 11 is 4.32. The van der Waals surface area contributed by atoms with E-state index in [9.17, 15) is 10.0 Å². The Hall–Kier alpha value is -1.49. The SMILES string of the molecule is NC(=O)c1ccccc1[N+]([O-])=S. The maximum absolute atomic E-state index is 10.7. The van der Waals surface area contributed by atoms with Crippen LogP contribution in [0.15, 0.2) is 24.3 Å². The summed E-state index contributed by atoms with van der Waals surface area (Å²) in [4.78, 5) is 10.7. The number of hydrogen-bond acceptors (Lipinski definition) is 3. The number of primary amides is 1. The molecule has 1 aromatic rings. The summed E-state index contributed by atoms with van der Waals surface area (Å²) in [5, 5.41) is 10.7. The number of carbonyl (C=O) groups excluding carboxylic acids is 1. The highest BCUT2D eigenvalue weighted by Crippen LogP contribution is 2.16. The predicted octanol–water partition coefficient (Wildman–Crippen LogP) is 0.658. The van der Waals surface area contributed by atoms with Crippen molar-refractivity contribution in [3.05, 3.63) is 35.0 Å². The number of para-hydroxylation sites is 1. The lowest BCUT2D eigenvalue weighted by Crippen LogP contribution is -2.12. The molecular weight excluding hydrogens is 176 g/mol. The first kappa shape index (κ1) is 8.61. The van der Waals surface area contributed by atoms with Gasteiger partial charge in [0, 0.05) is 6.07 Å². The Kier molecular flexibility index (Phi) is 2.35. The first-order valence-electron chi connectivity index (χ1n) is 3.16. The van der Waals surface area contributed by atoms with E-state index >= 15 is 0 Å². The molecule has 1 amide bonds. The van der Waals surface area contributed by atoms with Crippen molar-refractivity contribution in [3.8, 4) is 0 Å². The minimum Gasteiger partial charge on any atom is -0.605 e. The van der Waals surface area contributed by atoms with Crippen LogP contribution in [-0.4, -0.2) is 10.0 Å². The zero-order valence-electron chi connectivity index (χ0n) is 6.06. The first-order valence-corrected chi connectivity index (χ1v) is 3.52. The summed E-state index contributed by atoms with van der Waals surface area (Å²) in [5.74, 6) is -0.656. The number of amides is 1. The van der Waals surface area contributed by atoms with Crippen molar-refractivity contribution in [2.24, 2.45) is 5.73 Å². The molecule has 0 aliphatic heterocycles. The standard InChI is InChI=1S/C7H6N2O2S/c8-7(10)5-3-1-2-4-6(5)9(11)12/h1-4H,(H2,8,10). The fourth-order valence-electron chi connectivity index (χ4n) is 0.841. The van der Waals surface area contributed by atoms with Crippen molar-refractivity contribution >= 4 is 24.0 Å². The second-order valence-electron chi connectivity index (χ2n) is 2.14. The lowest BCUT2D eigenvalue weighted by molar-refractivity contribution is -0.325. The topological polar surface area (TPSA) is 69.2 Å². The summed E-state index contributed by atoms with van der Waals surface area (Å²) in [6.07, 6.45) is 0. The van der Waals surface area contributed by atoms with E-state index in [1.54, 1.807) is 12.1 Å². The molecule has 2 N–H and O–H groups in total. The number of nitrogens with two attached hydrogens (primary N) is 1. The highest BCUT2D eigenvalue weighted by molar-refractivity contribution is 7.44. The van der Waals surface area contributed by atoms with Gasteiger partial charge in [0.25, 0.3) is 18.3 Å². The lowest BCUT2D eigenvalue weighted by atomic mass is 10.2. The molecule has 0 atom stereocenters. The number of nitrogens with zero attached hydrogens (tertiary/aromatic N) is 1. The average molecular weight is 182 g/mol. The Balaban J connectivity index is 3.27. The molecule has 0 saturated heterocycles. The van der Waals surface area contributed by atoms with Crippen LogP contribution in [-0.2, 0) is 12.4 Å². The molecule has 0 heterocycles. The summed E-state index contributed by atoms with van der Waals surface area (Å²) in [7, 11) is 0. The van der Waals surface area contributed by atoms with Gasteiger partial charge in [-0.1, -0.05) is 16.2 Å². The highest BCUT2D eigenvalue weighted by Gasteiger charge is 2.13. The van der Waals surface area contributed by atoms with Crippen LogP contribution in [0.2, 0.25) is 0 Å². The maximum Gasteiger partial charge on any atom is 0.284 e. The van der Waals surface area contributed by atoms with Crippen LogP contribution in [0, 0.1) is 5.21 Å². The number of carbonyl (C=O) groups is 1. The van der Waals surface area contributed by atoms with Crippen molar-refractivity contribution < 1.29 is 8.90 Å². The van der Waals surface area contributed by atoms with Crippen LogP contribution in [0.4, 0.5) is 5.69 Å². The fraction of sp³-hybridized carbons (Fsp3) is 0. The van der Waals surface area contributed by atoms with Gasteiger partial charge in [-0.25, -0.2) is 0 Å². The quantitative estimate of drug-likeness (QED) is 0.539. The van der Waals surface area contributed by atoms with E-state index in [0.29, 0.717) is 0 Å². The van der Waals surface area contributed by atoms with Gasteiger partial charge in [-0.2, -0.15) is 0 Å². The first-order chi connectivity index (χ1) is 5.63. The van der Waals surface area contributed by atoms with E-state index in [1.807, 2.05) is 0 Å². The second-order valence-corrected chi connectivity index (χ2v) is 2.47. The molecule has 0 saturated carbocycles. The van der Waals surface area contributed by atoms with Gasteiger partial charge in [0.2, 0.25) is 5.69 Å². The minimum atomic E-state index is -0.656. The molecule has 0 unspecified atom stereocenters. The molecule has 0 fully saturated rings. The van der Waals surface area contributed by atoms with Crippen molar-refractivity contribution in [1.82, 2.24) is 0 Å². The van der Waals surface area contributed by atoms with Crippen molar-refractivity contribution in [1.29, 1.82) is 0 Å². The Morgan fingerprint density at radius 3 is 2.50 bits per heavy atom. The zero-order valence-corrected chi connectivity index (χ0v) is 6.88. The van der Waals surface area contributed by atoms with Crippen LogP contribution >= 0.6 is 0 Å². The number of benzene rings is 1. The Bertz CT molecular complexity index is 305. The molecule has 4 nitrogen and oxygen atoms in total. The predicted molar refractivity (Wildman–Crippen MR) is 45.6 cm³/mol. The molecule has 12 heavy (non-hydrogen) atoms. The van der Waals surface area contributed by atoms with Crippen molar-refractivity contribution in [3.63, 3.8) is 0 Å². The van der Waals surface area contributed by atoms with E-state index in [0.717, 1.165) is 0 Å². The van der Waals surface area contributed by atoms with Gasteiger partial charge < -0.3 is 10.9 Å². The Morgan fingerprint density at radius 2 is 2.08 bits per heavy atom. The minimum absolute atomic E-state index is 0.111. The normalized spacial score (nSPS) is 9.33. The molecule has 1 rings (SSSR count). The molecular formula is C7H6N2O2S. The summed E-state index contributed by atoms with van der Waals surface area (Å²) < 4.78 is 0.195. The number of hydrogen-bond donors (Lipinski definition) is 1. The molecule has 0 bridgehead atoms. The molecule has 1 aromatic carbocycles. The van der Waals surface area contributed by atoms with E-state index in [-0.39, 0.29) is 15.4 Å². The van der Waals surface area contributed by atoms with E-state index in [2.05, 4.69) is 12.4 Å². The smallest absolute Gasteiger partial charge is 0.284 e. The van der Waals surface area contributed by atoms with Gasteiger partial charge in [-0.3, -0.25) is 4.79 Å². The van der Waals surface area contributed by atoms with Crippen LogP contribution in [0.3, 0.4) is 0 Å². The molecule has 0 aromatic heterocycles. The van der Waals surface area contributed by atoms with E-state index < -0.39 is 5.91 Å². The second kappa shape index (κ2) is 3.27. The van der Waals surface area contributed by atoms with Gasteiger partial charge >= 0.3 is 0 Å². The monoisotopic (exact) mass is 182 g/mol. The van der Waals surface area contributed by atoms with Crippen molar-refractivity contribution in [2.75, 3.05) is 0 Å². The maximum atomic E-state index is 10.7. The van der Waals surface area contributed by atoms with E-state index in [4.69, 9.17) is 5.73 Å². The van der Waals surface area contributed by atoms with Gasteiger partial charge in [-0.15, -0.1) is 0 Å². The molecule has 0 aliphatic carbocycles. The largest absolute Gasteiger partial charge is 0.605 e. The summed E-state index contributed by atoms with van der Waals surface area (Å²) in [5.41, 5.74) is 5.25. The fourth-order valence-corrected chi connectivity index (χ4v) is 1.00. The lowest BCUT2D eigenvalue weighted by Gasteiger charge is -2.00. The van der Waals surface area contributed by atoms with Crippen LogP contribution in [0.25, 0.3) is 0 Å². The third-order valence-electron chi connectivity index (χ3n) is 1.37. The van der Waals surface area contributed by atoms with Gasteiger partial charge in [0.1, 0.15) is 5.56 Å². The third-order valence-corrected chi connectivity index (χ3v) is 1.56. The van der Waals surface area contributed by atoms with Crippen molar-refractivity contribution in [2.45, 2.75) is 0 Å². The molecule has 0 radical (unpaired) electrons. The van der Waals surface area contributed by atoms with Gasteiger partial charge in [0.15, 0.2) is 0 Å². The Morgan fingerprint density at radius 1 is 1.50 bits per heavy atom. The molecule has 0 aliphatic rings.